The second-order valence-electron chi connectivity index (χ2n) is 12.5. The van der Waals surface area contributed by atoms with Crippen molar-refractivity contribution in [1.29, 1.82) is 0 Å². The first kappa shape index (κ1) is 33.2. The van der Waals surface area contributed by atoms with Crippen molar-refractivity contribution in [3.8, 4) is 5.69 Å². The molecule has 0 bridgehead atoms. The molecule has 1 aromatic carbocycles. The fraction of sp³-hybridized carbons (Fsp3) is 0.533. The van der Waals surface area contributed by atoms with Gasteiger partial charge in [0.2, 0.25) is 5.91 Å². The number of aldehydes is 1. The molecule has 0 radical (unpaired) electrons. The van der Waals surface area contributed by atoms with Gasteiger partial charge in [-0.05, 0) is 51.1 Å². The van der Waals surface area contributed by atoms with Gasteiger partial charge in [-0.1, -0.05) is 27.7 Å². The van der Waals surface area contributed by atoms with Gasteiger partial charge in [0.25, 0.3) is 0 Å². The van der Waals surface area contributed by atoms with Crippen LogP contribution in [0, 0.1) is 11.3 Å². The number of carbonyl (C=O) groups is 4. The maximum atomic E-state index is 13.1. The summed E-state index contributed by atoms with van der Waals surface area (Å²) in [5.41, 5.74) is -0.657. The van der Waals surface area contributed by atoms with E-state index in [1.54, 1.807) is 61.8 Å². The van der Waals surface area contributed by atoms with Gasteiger partial charge in [0, 0.05) is 43.4 Å². The average Bonchev–Trinajstić information content (AvgIpc) is 2.93. The van der Waals surface area contributed by atoms with E-state index < -0.39 is 41.0 Å². The van der Waals surface area contributed by atoms with Crippen LogP contribution >= 0.6 is 0 Å². The summed E-state index contributed by atoms with van der Waals surface area (Å²) in [5, 5.41) is 5.39. The molecule has 2 heterocycles. The summed E-state index contributed by atoms with van der Waals surface area (Å²) in [6, 6.07) is 7.52. The van der Waals surface area contributed by atoms with E-state index in [0.717, 1.165) is 0 Å². The monoisotopic (exact) mass is 598 g/mol. The zero-order chi connectivity index (χ0) is 31.9. The Balaban J connectivity index is 1.50. The maximum Gasteiger partial charge on any atom is 0.409 e. The molecule has 2 N–H and O–H groups in total. The molecule has 1 aliphatic heterocycles. The van der Waals surface area contributed by atoms with Gasteiger partial charge in [-0.15, -0.1) is 0 Å². The number of benzene rings is 1. The Morgan fingerprint density at radius 2 is 1.58 bits per heavy atom. The second kappa shape index (κ2) is 13.8. The minimum absolute atomic E-state index is 0.0930. The van der Waals surface area contributed by atoms with Crippen LogP contribution in [-0.4, -0.2) is 88.3 Å². The third-order valence-corrected chi connectivity index (χ3v) is 6.59. The lowest BCUT2D eigenvalue weighted by molar-refractivity contribution is -0.140. The van der Waals surface area contributed by atoms with E-state index >= 15 is 0 Å². The lowest BCUT2D eigenvalue weighted by Gasteiger charge is -2.36. The molecule has 2 aromatic rings. The maximum absolute atomic E-state index is 13.1. The molecule has 3 rings (SSSR count). The van der Waals surface area contributed by atoms with Crippen LogP contribution in [0.15, 0.2) is 41.3 Å². The van der Waals surface area contributed by atoms with Gasteiger partial charge in [0.05, 0.1) is 18.2 Å². The molecule has 13 heteroatoms. The number of piperazine rings is 1. The normalized spacial score (nSPS) is 15.3. The molecule has 234 valence electrons. The molecule has 13 nitrogen and oxygen atoms in total. The smallest absolute Gasteiger partial charge is 0.409 e. The van der Waals surface area contributed by atoms with Crippen molar-refractivity contribution in [2.24, 2.45) is 11.3 Å². The predicted octanol–water partition coefficient (Wildman–Crippen LogP) is 3.27. The number of alkyl carbamates (subject to hydrolysis) is 1. The minimum atomic E-state index is -0.670. The van der Waals surface area contributed by atoms with Gasteiger partial charge in [-0.2, -0.15) is 4.98 Å². The van der Waals surface area contributed by atoms with E-state index in [-0.39, 0.29) is 18.3 Å². The van der Waals surface area contributed by atoms with Crippen LogP contribution in [0.2, 0.25) is 0 Å². The Bertz CT molecular complexity index is 1350. The molecule has 43 heavy (non-hydrogen) atoms. The topological polar surface area (TPSA) is 152 Å². The summed E-state index contributed by atoms with van der Waals surface area (Å²) in [6.07, 6.45) is 0.943. The number of nitrogens with one attached hydrogen (secondary N) is 2. The molecule has 0 spiro atoms. The molecule has 1 fully saturated rings. The highest BCUT2D eigenvalue weighted by atomic mass is 16.6. The highest BCUT2D eigenvalue weighted by Crippen LogP contribution is 2.22. The highest BCUT2D eigenvalue weighted by Gasteiger charge is 2.32. The van der Waals surface area contributed by atoms with Crippen LogP contribution in [0.3, 0.4) is 0 Å². The summed E-state index contributed by atoms with van der Waals surface area (Å²) in [5.74, 6) is -0.485. The predicted molar refractivity (Wildman–Crippen MR) is 160 cm³/mol. The number of hydrogen-bond acceptors (Lipinski definition) is 8. The number of nitrogens with zero attached hydrogens (tertiary/aromatic N) is 4. The molecule has 0 saturated carbocycles. The number of aromatic nitrogens is 2. The molecular formula is C30H42N6O7. The molecule has 2 atom stereocenters. The fourth-order valence-corrected chi connectivity index (χ4v) is 4.25. The van der Waals surface area contributed by atoms with Crippen LogP contribution in [-0.2, 0) is 14.3 Å². The van der Waals surface area contributed by atoms with Crippen molar-refractivity contribution in [2.75, 3.05) is 38.1 Å². The SMILES string of the molecule is CC(COC(NC(=O)OC(C)(C)C)C(C)(C)C)C(=O)N1CCN(C(=O)Nc2ccn(-c3ccc(C=O)cc3)c(=O)n2)CC1. The number of carbonyl (C=O) groups excluding carboxylic acids is 4. The minimum Gasteiger partial charge on any atom is -0.444 e. The Morgan fingerprint density at radius 1 is 0.977 bits per heavy atom. The standard InChI is InChI=1S/C30H42N6O7/c1-20(19-42-25(29(2,3)4)33-28(41)43-30(5,6)7)24(38)34-14-16-35(17-15-34)26(39)31-23-12-13-36(27(40)32-23)22-10-8-21(18-37)9-11-22/h8-13,18,20,25H,14-17,19H2,1-7H3,(H,33,41)(H,31,32,39,40). The van der Waals surface area contributed by atoms with Gasteiger partial charge < -0.3 is 19.3 Å². The van der Waals surface area contributed by atoms with Crippen molar-refractivity contribution in [1.82, 2.24) is 24.7 Å². The molecule has 4 amide bonds. The van der Waals surface area contributed by atoms with Gasteiger partial charge >= 0.3 is 17.8 Å². The number of amides is 4. The van der Waals surface area contributed by atoms with E-state index in [1.165, 1.54) is 16.8 Å². The molecule has 2 unspecified atom stereocenters. The van der Waals surface area contributed by atoms with Gasteiger partial charge in [-0.3, -0.25) is 24.8 Å². The van der Waals surface area contributed by atoms with E-state index in [2.05, 4.69) is 15.6 Å². The Labute approximate surface area is 251 Å². The molecule has 1 aliphatic rings. The summed E-state index contributed by atoms with van der Waals surface area (Å²) < 4.78 is 12.6. The van der Waals surface area contributed by atoms with Crippen LogP contribution in [0.4, 0.5) is 15.4 Å². The number of ether oxygens (including phenoxy) is 2. The van der Waals surface area contributed by atoms with Gasteiger partial charge in [0.15, 0.2) is 0 Å². The van der Waals surface area contributed by atoms with Crippen LogP contribution < -0.4 is 16.3 Å². The lowest BCUT2D eigenvalue weighted by atomic mass is 9.94. The summed E-state index contributed by atoms with van der Waals surface area (Å²) in [4.78, 5) is 68.8. The van der Waals surface area contributed by atoms with Crippen molar-refractivity contribution in [3.63, 3.8) is 0 Å². The quantitative estimate of drug-likeness (QED) is 0.347. The van der Waals surface area contributed by atoms with Crippen molar-refractivity contribution in [3.05, 3.63) is 52.6 Å². The summed E-state index contributed by atoms with van der Waals surface area (Å²) in [6.45, 7) is 14.2. The summed E-state index contributed by atoms with van der Waals surface area (Å²) >= 11 is 0. The molecular weight excluding hydrogens is 556 g/mol. The van der Waals surface area contributed by atoms with E-state index in [4.69, 9.17) is 9.47 Å². The average molecular weight is 599 g/mol. The van der Waals surface area contributed by atoms with Crippen molar-refractivity contribution in [2.45, 2.75) is 60.3 Å². The first-order valence-electron chi connectivity index (χ1n) is 14.2. The third kappa shape index (κ3) is 9.63. The van der Waals surface area contributed by atoms with E-state index in [9.17, 15) is 24.0 Å². The molecule has 0 aliphatic carbocycles. The van der Waals surface area contributed by atoms with E-state index in [1.807, 2.05) is 20.8 Å². The van der Waals surface area contributed by atoms with Gasteiger partial charge in [-0.25, -0.2) is 14.4 Å². The largest absolute Gasteiger partial charge is 0.444 e. The number of hydrogen-bond donors (Lipinski definition) is 2. The highest BCUT2D eigenvalue weighted by molar-refractivity contribution is 5.88. The lowest BCUT2D eigenvalue weighted by Crippen LogP contribution is -2.53. The van der Waals surface area contributed by atoms with Crippen molar-refractivity contribution >= 4 is 30.1 Å². The first-order chi connectivity index (χ1) is 20.1. The molecule has 1 saturated heterocycles. The third-order valence-electron chi connectivity index (χ3n) is 6.59. The zero-order valence-electron chi connectivity index (χ0n) is 25.9. The van der Waals surface area contributed by atoms with E-state index in [0.29, 0.717) is 43.7 Å². The first-order valence-corrected chi connectivity index (χ1v) is 14.2. The number of anilines is 1. The number of urea groups is 1. The fourth-order valence-electron chi connectivity index (χ4n) is 4.25. The van der Waals surface area contributed by atoms with Crippen molar-refractivity contribution < 1.29 is 28.7 Å². The van der Waals surface area contributed by atoms with Crippen LogP contribution in [0.5, 0.6) is 0 Å². The van der Waals surface area contributed by atoms with Crippen LogP contribution in [0.25, 0.3) is 5.69 Å². The second-order valence-corrected chi connectivity index (χ2v) is 12.5. The zero-order valence-corrected chi connectivity index (χ0v) is 25.9. The Morgan fingerprint density at radius 3 is 2.12 bits per heavy atom. The molecule has 1 aromatic heterocycles. The van der Waals surface area contributed by atoms with Crippen LogP contribution in [0.1, 0.15) is 58.8 Å². The Hall–Kier alpha value is -4.26. The summed E-state index contributed by atoms with van der Waals surface area (Å²) in [7, 11) is 0. The Kier molecular flexibility index (Phi) is 10.7. The van der Waals surface area contributed by atoms with Gasteiger partial charge in [0.1, 0.15) is 23.9 Å². The number of rotatable bonds is 8.